The van der Waals surface area contributed by atoms with Gasteiger partial charge in [-0.05, 0) is 6.07 Å². The van der Waals surface area contributed by atoms with Crippen LogP contribution in [-0.4, -0.2) is 33.4 Å². The molecular weight excluding hydrogens is 162 g/mol. The Kier molecular flexibility index (Phi) is 5.58. The average molecular weight is 173 g/mol. The summed E-state index contributed by atoms with van der Waals surface area (Å²) in [4.78, 5) is 15.9. The molecule has 12 heavy (non-hydrogen) atoms. The maximum atomic E-state index is 10.2. The minimum absolute atomic E-state index is 0.125. The molecule has 0 saturated heterocycles. The Bertz CT molecular complexity index is 258. The standard InChI is InChI=1S/C4H5N3O.C2H6O2/c5-3-1-2-6-4(8)7-3;3-1-2-4/h1-2H,(H3,5,6,7,8);3-4H,1-2H2. The van der Waals surface area contributed by atoms with E-state index in [2.05, 4.69) is 9.97 Å². The molecule has 5 N–H and O–H groups in total. The van der Waals surface area contributed by atoms with Crippen molar-refractivity contribution in [3.8, 4) is 0 Å². The summed E-state index contributed by atoms with van der Waals surface area (Å²) in [6.07, 6.45) is 1.45. The minimum atomic E-state index is -0.412. The molecule has 6 nitrogen and oxygen atoms in total. The molecule has 1 heterocycles. The fraction of sp³-hybridized carbons (Fsp3) is 0.333. The van der Waals surface area contributed by atoms with Crippen LogP contribution in [0.4, 0.5) is 5.82 Å². The van der Waals surface area contributed by atoms with Crippen LogP contribution in [0.25, 0.3) is 0 Å². The highest BCUT2D eigenvalue weighted by molar-refractivity contribution is 5.22. The number of nitrogens with zero attached hydrogens (tertiary/aromatic N) is 1. The van der Waals surface area contributed by atoms with E-state index in [9.17, 15) is 4.79 Å². The molecule has 6 heteroatoms. The van der Waals surface area contributed by atoms with Crippen molar-refractivity contribution in [2.75, 3.05) is 18.9 Å². The summed E-state index contributed by atoms with van der Waals surface area (Å²) in [6, 6.07) is 1.52. The number of H-pyrrole nitrogens is 1. The lowest BCUT2D eigenvalue weighted by atomic mass is 10.6. The van der Waals surface area contributed by atoms with E-state index in [-0.39, 0.29) is 19.0 Å². The number of nitrogen functional groups attached to an aromatic ring is 1. The van der Waals surface area contributed by atoms with Crippen molar-refractivity contribution in [2.45, 2.75) is 0 Å². The van der Waals surface area contributed by atoms with Gasteiger partial charge in [-0.2, -0.15) is 4.98 Å². The van der Waals surface area contributed by atoms with E-state index in [0.29, 0.717) is 0 Å². The van der Waals surface area contributed by atoms with E-state index in [1.807, 2.05) is 0 Å². The van der Waals surface area contributed by atoms with Gasteiger partial charge in [0, 0.05) is 6.20 Å². The first-order valence-electron chi connectivity index (χ1n) is 3.23. The highest BCUT2D eigenvalue weighted by Gasteiger charge is 1.81. The SMILES string of the molecule is Nc1cc[nH]c(=O)n1.OCCO. The fourth-order valence-corrected chi connectivity index (χ4v) is 0.385. The largest absolute Gasteiger partial charge is 0.394 e. The van der Waals surface area contributed by atoms with Gasteiger partial charge in [-0.25, -0.2) is 4.79 Å². The van der Waals surface area contributed by atoms with Crippen LogP contribution in [0.1, 0.15) is 0 Å². The van der Waals surface area contributed by atoms with Gasteiger partial charge in [0.2, 0.25) is 0 Å². The molecule has 0 aromatic carbocycles. The number of nitrogens with one attached hydrogen (secondary N) is 1. The van der Waals surface area contributed by atoms with E-state index in [0.717, 1.165) is 0 Å². The Labute approximate surface area is 68.7 Å². The lowest BCUT2D eigenvalue weighted by molar-refractivity contribution is 0.186. The van der Waals surface area contributed by atoms with Crippen LogP contribution in [0.3, 0.4) is 0 Å². The number of aliphatic hydroxyl groups is 2. The number of aromatic amines is 1. The third kappa shape index (κ3) is 5.39. The molecule has 0 atom stereocenters. The summed E-state index contributed by atoms with van der Waals surface area (Å²) in [5, 5.41) is 15.2. The number of hydrogen-bond acceptors (Lipinski definition) is 5. The lowest BCUT2D eigenvalue weighted by Crippen LogP contribution is -2.10. The van der Waals surface area contributed by atoms with Crippen LogP contribution in [0.5, 0.6) is 0 Å². The fourth-order valence-electron chi connectivity index (χ4n) is 0.385. The van der Waals surface area contributed by atoms with Crippen molar-refractivity contribution < 1.29 is 10.2 Å². The molecule has 1 aromatic heterocycles. The first-order chi connectivity index (χ1) is 5.70. The van der Waals surface area contributed by atoms with Gasteiger partial charge in [-0.15, -0.1) is 0 Å². The highest BCUT2D eigenvalue weighted by atomic mass is 16.3. The van der Waals surface area contributed by atoms with Gasteiger partial charge in [0.1, 0.15) is 5.82 Å². The maximum Gasteiger partial charge on any atom is 0.346 e. The van der Waals surface area contributed by atoms with Crippen molar-refractivity contribution in [3.63, 3.8) is 0 Å². The van der Waals surface area contributed by atoms with Crippen LogP contribution < -0.4 is 11.4 Å². The molecule has 0 saturated carbocycles. The summed E-state index contributed by atoms with van der Waals surface area (Å²) < 4.78 is 0. The number of hydrogen-bond donors (Lipinski definition) is 4. The third-order valence-corrected chi connectivity index (χ3v) is 0.792. The van der Waals surface area contributed by atoms with Crippen molar-refractivity contribution in [2.24, 2.45) is 0 Å². The van der Waals surface area contributed by atoms with E-state index in [1.54, 1.807) is 0 Å². The van der Waals surface area contributed by atoms with Gasteiger partial charge >= 0.3 is 5.69 Å². The smallest absolute Gasteiger partial charge is 0.346 e. The maximum absolute atomic E-state index is 10.2. The van der Waals surface area contributed by atoms with Gasteiger partial charge in [-0.1, -0.05) is 0 Å². The Morgan fingerprint density at radius 1 is 1.50 bits per heavy atom. The monoisotopic (exact) mass is 173 g/mol. The first kappa shape index (κ1) is 10.6. The van der Waals surface area contributed by atoms with Crippen molar-refractivity contribution in [1.29, 1.82) is 0 Å². The summed E-state index contributed by atoms with van der Waals surface area (Å²) >= 11 is 0. The van der Waals surface area contributed by atoms with E-state index < -0.39 is 5.69 Å². The molecule has 0 spiro atoms. The average Bonchev–Trinajstić information content (AvgIpc) is 2.04. The Morgan fingerprint density at radius 2 is 2.08 bits per heavy atom. The van der Waals surface area contributed by atoms with Gasteiger partial charge in [-0.3, -0.25) is 0 Å². The van der Waals surface area contributed by atoms with Crippen LogP contribution >= 0.6 is 0 Å². The zero-order valence-electron chi connectivity index (χ0n) is 6.40. The zero-order valence-corrected chi connectivity index (χ0v) is 6.40. The van der Waals surface area contributed by atoms with Gasteiger partial charge in [0.25, 0.3) is 0 Å². The molecular formula is C6H11N3O3. The normalized spacial score (nSPS) is 8.50. The molecule has 1 rings (SSSR count). The Balaban J connectivity index is 0.000000261. The second-order valence-electron chi connectivity index (χ2n) is 1.77. The van der Waals surface area contributed by atoms with E-state index >= 15 is 0 Å². The van der Waals surface area contributed by atoms with Crippen LogP contribution in [-0.2, 0) is 0 Å². The summed E-state index contributed by atoms with van der Waals surface area (Å²) in [5.74, 6) is 0.244. The molecule has 0 bridgehead atoms. The van der Waals surface area contributed by atoms with Gasteiger partial charge in [0.15, 0.2) is 0 Å². The first-order valence-corrected chi connectivity index (χ1v) is 3.23. The lowest BCUT2D eigenvalue weighted by Gasteiger charge is -1.83. The van der Waals surface area contributed by atoms with Gasteiger partial charge < -0.3 is 20.9 Å². The second-order valence-corrected chi connectivity index (χ2v) is 1.77. The molecule has 0 amide bonds. The van der Waals surface area contributed by atoms with Crippen molar-refractivity contribution in [1.82, 2.24) is 9.97 Å². The Hall–Kier alpha value is -1.40. The molecule has 0 aliphatic heterocycles. The van der Waals surface area contributed by atoms with Crippen molar-refractivity contribution in [3.05, 3.63) is 22.7 Å². The number of anilines is 1. The predicted octanol–water partition coefficient (Wildman–Crippen LogP) is -1.68. The van der Waals surface area contributed by atoms with Crippen LogP contribution in [0.15, 0.2) is 17.1 Å². The molecule has 0 aliphatic rings. The van der Waals surface area contributed by atoms with Crippen LogP contribution in [0, 0.1) is 0 Å². The Morgan fingerprint density at radius 3 is 2.33 bits per heavy atom. The topological polar surface area (TPSA) is 112 Å². The van der Waals surface area contributed by atoms with E-state index in [4.69, 9.17) is 15.9 Å². The molecule has 0 radical (unpaired) electrons. The minimum Gasteiger partial charge on any atom is -0.394 e. The summed E-state index contributed by atoms with van der Waals surface area (Å²) in [5.41, 5.74) is 4.72. The molecule has 0 unspecified atom stereocenters. The predicted molar refractivity (Wildman–Crippen MR) is 43.4 cm³/mol. The number of rotatable bonds is 1. The highest BCUT2D eigenvalue weighted by Crippen LogP contribution is 1.82. The summed E-state index contributed by atoms with van der Waals surface area (Å²) in [6.45, 7) is -0.250. The van der Waals surface area contributed by atoms with E-state index in [1.165, 1.54) is 12.3 Å². The van der Waals surface area contributed by atoms with Crippen molar-refractivity contribution >= 4 is 5.82 Å². The number of aromatic nitrogens is 2. The van der Waals surface area contributed by atoms with Crippen LogP contribution in [0.2, 0.25) is 0 Å². The number of nitrogens with two attached hydrogens (primary N) is 1. The second kappa shape index (κ2) is 6.32. The zero-order chi connectivity index (χ0) is 9.40. The molecule has 68 valence electrons. The summed E-state index contributed by atoms with van der Waals surface area (Å²) in [7, 11) is 0. The molecule has 0 fully saturated rings. The third-order valence-electron chi connectivity index (χ3n) is 0.792. The number of aliphatic hydroxyl groups excluding tert-OH is 2. The van der Waals surface area contributed by atoms with Gasteiger partial charge in [0.05, 0.1) is 13.2 Å². The molecule has 0 aliphatic carbocycles. The quantitative estimate of drug-likeness (QED) is 0.405. The molecule has 1 aromatic rings.